The van der Waals surface area contributed by atoms with Gasteiger partial charge in [0.25, 0.3) is 5.91 Å². The van der Waals surface area contributed by atoms with E-state index in [2.05, 4.69) is 16.8 Å². The number of hydrogen-bond donors (Lipinski definition) is 2. The van der Waals surface area contributed by atoms with Crippen molar-refractivity contribution in [2.24, 2.45) is 0 Å². The average Bonchev–Trinajstić information content (AvgIpc) is 2.88. The van der Waals surface area contributed by atoms with Gasteiger partial charge in [-0.15, -0.1) is 23.7 Å². The number of anilines is 1. The molecule has 1 aromatic carbocycles. The Hall–Kier alpha value is -1.52. The zero-order valence-electron chi connectivity index (χ0n) is 11.0. The first-order valence-electron chi connectivity index (χ1n) is 6.47. The quantitative estimate of drug-likeness (QED) is 0.833. The van der Waals surface area contributed by atoms with Gasteiger partial charge in [0, 0.05) is 16.1 Å². The number of benzene rings is 1. The summed E-state index contributed by atoms with van der Waals surface area (Å²) in [4.78, 5) is 13.6. The number of carbonyl (C=O) groups is 1. The fourth-order valence-corrected chi connectivity index (χ4v) is 3.55. The molecule has 1 amide bonds. The molecule has 0 saturated carbocycles. The number of fused-ring (bicyclic) bond motifs is 1. The maximum atomic E-state index is 12.2. The summed E-state index contributed by atoms with van der Waals surface area (Å²) in [6.45, 7) is 0. The number of nitrogens with two attached hydrogens (primary N) is 1. The summed E-state index contributed by atoms with van der Waals surface area (Å²) in [5.74, 6) is -0.0450. The Morgan fingerprint density at radius 1 is 1.35 bits per heavy atom. The number of rotatable bonds is 2. The van der Waals surface area contributed by atoms with E-state index in [0.29, 0.717) is 11.3 Å². The van der Waals surface area contributed by atoms with Crippen molar-refractivity contribution in [3.8, 4) is 0 Å². The van der Waals surface area contributed by atoms with Crippen molar-refractivity contribution in [1.82, 2.24) is 5.32 Å². The molecule has 1 aromatic heterocycles. The molecule has 1 unspecified atom stereocenters. The van der Waals surface area contributed by atoms with Crippen LogP contribution in [0, 0.1) is 0 Å². The van der Waals surface area contributed by atoms with E-state index in [1.54, 1.807) is 35.6 Å². The highest BCUT2D eigenvalue weighted by Crippen LogP contribution is 2.33. The summed E-state index contributed by atoms with van der Waals surface area (Å²) in [7, 11) is 0. The zero-order chi connectivity index (χ0) is 13.2. The molecular formula is C15H17ClN2OS. The SMILES string of the molecule is Cl.Nc1cccc(C(=O)NC2CCCc3sccc32)c1. The highest BCUT2D eigenvalue weighted by molar-refractivity contribution is 7.10. The molecule has 3 nitrogen and oxygen atoms in total. The van der Waals surface area contributed by atoms with Gasteiger partial charge in [-0.2, -0.15) is 0 Å². The monoisotopic (exact) mass is 308 g/mol. The Morgan fingerprint density at radius 2 is 2.20 bits per heavy atom. The van der Waals surface area contributed by atoms with Crippen LogP contribution < -0.4 is 11.1 Å². The second-order valence-corrected chi connectivity index (χ2v) is 5.84. The lowest BCUT2D eigenvalue weighted by atomic mass is 9.94. The summed E-state index contributed by atoms with van der Waals surface area (Å²) in [5, 5.41) is 5.22. The molecular weight excluding hydrogens is 292 g/mol. The zero-order valence-corrected chi connectivity index (χ0v) is 12.6. The normalized spacial score (nSPS) is 16.9. The van der Waals surface area contributed by atoms with Crippen LogP contribution in [-0.4, -0.2) is 5.91 Å². The van der Waals surface area contributed by atoms with Crippen molar-refractivity contribution in [2.45, 2.75) is 25.3 Å². The first-order chi connectivity index (χ1) is 9.24. The summed E-state index contributed by atoms with van der Waals surface area (Å²) < 4.78 is 0. The Bertz CT molecular complexity index is 611. The van der Waals surface area contributed by atoms with E-state index in [9.17, 15) is 4.79 Å². The van der Waals surface area contributed by atoms with Crippen LogP contribution in [0.2, 0.25) is 0 Å². The van der Waals surface area contributed by atoms with Crippen LogP contribution in [0.5, 0.6) is 0 Å². The number of carbonyl (C=O) groups excluding carboxylic acids is 1. The highest BCUT2D eigenvalue weighted by Gasteiger charge is 2.23. The molecule has 5 heteroatoms. The Balaban J connectivity index is 0.00000147. The first kappa shape index (κ1) is 14.9. The van der Waals surface area contributed by atoms with E-state index in [1.165, 1.54) is 10.4 Å². The topological polar surface area (TPSA) is 55.1 Å². The minimum Gasteiger partial charge on any atom is -0.399 e. The van der Waals surface area contributed by atoms with E-state index in [4.69, 9.17) is 5.73 Å². The average molecular weight is 309 g/mol. The third-order valence-electron chi connectivity index (χ3n) is 3.51. The fraction of sp³-hybridized carbons (Fsp3) is 0.267. The third kappa shape index (κ3) is 2.97. The van der Waals surface area contributed by atoms with Crippen LogP contribution in [0.25, 0.3) is 0 Å². The molecule has 0 radical (unpaired) electrons. The van der Waals surface area contributed by atoms with Gasteiger partial charge in [0.1, 0.15) is 0 Å². The van der Waals surface area contributed by atoms with Crippen molar-refractivity contribution in [1.29, 1.82) is 0 Å². The Labute approximate surface area is 128 Å². The maximum absolute atomic E-state index is 12.2. The molecule has 3 N–H and O–H groups in total. The lowest BCUT2D eigenvalue weighted by molar-refractivity contribution is 0.0933. The van der Waals surface area contributed by atoms with E-state index in [1.807, 2.05) is 0 Å². The second kappa shape index (κ2) is 6.29. The van der Waals surface area contributed by atoms with Crippen molar-refractivity contribution in [3.05, 3.63) is 51.7 Å². The van der Waals surface area contributed by atoms with Crippen LogP contribution in [0.15, 0.2) is 35.7 Å². The van der Waals surface area contributed by atoms with Crippen LogP contribution in [0.3, 0.4) is 0 Å². The smallest absolute Gasteiger partial charge is 0.251 e. The van der Waals surface area contributed by atoms with Crippen molar-refractivity contribution in [2.75, 3.05) is 5.73 Å². The van der Waals surface area contributed by atoms with Gasteiger partial charge in [-0.3, -0.25) is 4.79 Å². The minimum absolute atomic E-state index is 0. The van der Waals surface area contributed by atoms with Gasteiger partial charge in [-0.05, 0) is 54.5 Å². The standard InChI is InChI=1S/C15H16N2OS.ClH/c16-11-4-1-3-10(9-11)15(18)17-13-5-2-6-14-12(13)7-8-19-14;/h1,3-4,7-9,13H,2,5-6,16H2,(H,17,18);1H. The number of nitrogen functional groups attached to an aromatic ring is 1. The minimum atomic E-state index is -0.0450. The molecule has 2 aromatic rings. The van der Waals surface area contributed by atoms with Gasteiger partial charge in [0.15, 0.2) is 0 Å². The summed E-state index contributed by atoms with van der Waals surface area (Å²) >= 11 is 1.78. The van der Waals surface area contributed by atoms with Gasteiger partial charge in [-0.25, -0.2) is 0 Å². The van der Waals surface area contributed by atoms with Gasteiger partial charge in [0.05, 0.1) is 6.04 Å². The second-order valence-electron chi connectivity index (χ2n) is 4.84. The van der Waals surface area contributed by atoms with Crippen LogP contribution in [0.1, 0.15) is 39.7 Å². The molecule has 1 atom stereocenters. The fourth-order valence-electron chi connectivity index (χ4n) is 2.56. The Morgan fingerprint density at radius 3 is 3.00 bits per heavy atom. The van der Waals surface area contributed by atoms with Crippen LogP contribution in [0.4, 0.5) is 5.69 Å². The molecule has 20 heavy (non-hydrogen) atoms. The molecule has 1 heterocycles. The van der Waals surface area contributed by atoms with Gasteiger partial charge >= 0.3 is 0 Å². The molecule has 1 aliphatic carbocycles. The Kier molecular flexibility index (Phi) is 4.68. The van der Waals surface area contributed by atoms with Crippen molar-refractivity contribution < 1.29 is 4.79 Å². The van der Waals surface area contributed by atoms with Crippen LogP contribution in [-0.2, 0) is 6.42 Å². The predicted molar refractivity (Wildman–Crippen MR) is 85.6 cm³/mol. The van der Waals surface area contributed by atoms with E-state index >= 15 is 0 Å². The molecule has 0 spiro atoms. The largest absolute Gasteiger partial charge is 0.399 e. The summed E-state index contributed by atoms with van der Waals surface area (Å²) in [6.07, 6.45) is 3.28. The molecule has 0 fully saturated rings. The van der Waals surface area contributed by atoms with Gasteiger partial charge < -0.3 is 11.1 Å². The summed E-state index contributed by atoms with van der Waals surface area (Å²) in [5.41, 5.74) is 8.24. The van der Waals surface area contributed by atoms with Gasteiger partial charge in [-0.1, -0.05) is 6.07 Å². The summed E-state index contributed by atoms with van der Waals surface area (Å²) in [6, 6.07) is 9.37. The van der Waals surface area contributed by atoms with Crippen molar-refractivity contribution in [3.63, 3.8) is 0 Å². The number of nitrogens with one attached hydrogen (secondary N) is 1. The first-order valence-corrected chi connectivity index (χ1v) is 7.34. The van der Waals surface area contributed by atoms with Gasteiger partial charge in [0.2, 0.25) is 0 Å². The number of aryl methyl sites for hydroxylation is 1. The number of amides is 1. The molecule has 106 valence electrons. The lowest BCUT2D eigenvalue weighted by Gasteiger charge is -2.23. The van der Waals surface area contributed by atoms with E-state index in [0.717, 1.165) is 19.3 Å². The number of halogens is 1. The molecule has 3 rings (SSSR count). The molecule has 1 aliphatic rings. The van der Waals surface area contributed by atoms with E-state index in [-0.39, 0.29) is 24.4 Å². The number of thiophene rings is 1. The lowest BCUT2D eigenvalue weighted by Crippen LogP contribution is -2.30. The number of hydrogen-bond acceptors (Lipinski definition) is 3. The van der Waals surface area contributed by atoms with Crippen molar-refractivity contribution >= 4 is 35.3 Å². The maximum Gasteiger partial charge on any atom is 0.251 e. The molecule has 0 aliphatic heterocycles. The predicted octanol–water partition coefficient (Wildman–Crippen LogP) is 3.56. The van der Waals surface area contributed by atoms with Crippen LogP contribution >= 0.6 is 23.7 Å². The molecule has 0 saturated heterocycles. The highest BCUT2D eigenvalue weighted by atomic mass is 35.5. The third-order valence-corrected chi connectivity index (χ3v) is 4.50. The molecule has 0 bridgehead atoms. The van der Waals surface area contributed by atoms with E-state index < -0.39 is 0 Å².